The van der Waals surface area contributed by atoms with Crippen molar-refractivity contribution in [2.24, 2.45) is 0 Å². The Labute approximate surface area is 145 Å². The summed E-state index contributed by atoms with van der Waals surface area (Å²) < 4.78 is 5.86. The van der Waals surface area contributed by atoms with Crippen LogP contribution >= 0.6 is 30.1 Å². The first kappa shape index (κ1) is 16.6. The highest BCUT2D eigenvalue weighted by Gasteiger charge is 2.13. The highest BCUT2D eigenvalue weighted by Crippen LogP contribution is 2.32. The molecule has 0 fully saturated rings. The standard InChI is InChI=1S/C14H14IN5OS/c1-8(2)10-6-18-9(3-4-22-15)5-11(10)21-12-7-19-14(17)20-13(12)16/h5-8H,1-2H3,(H4,16,17,19,20). The van der Waals surface area contributed by atoms with Crippen LogP contribution in [0.4, 0.5) is 11.8 Å². The first-order chi connectivity index (χ1) is 10.5. The number of ether oxygens (including phenoxy) is 1. The van der Waals surface area contributed by atoms with Crippen molar-refractivity contribution in [1.82, 2.24) is 15.0 Å². The Balaban J connectivity index is 2.42. The number of rotatable bonds is 3. The molecule has 2 rings (SSSR count). The Hall–Kier alpha value is -1.73. The predicted molar refractivity (Wildman–Crippen MR) is 97.7 cm³/mol. The van der Waals surface area contributed by atoms with Crippen LogP contribution in [0.2, 0.25) is 0 Å². The molecule has 0 spiro atoms. The molecular weight excluding hydrogens is 413 g/mol. The maximum absolute atomic E-state index is 5.86. The molecule has 0 aliphatic carbocycles. The molecule has 2 aromatic rings. The lowest BCUT2D eigenvalue weighted by molar-refractivity contribution is 0.470. The Bertz CT molecular complexity index is 742. The Kier molecular flexibility index (Phi) is 5.68. The van der Waals surface area contributed by atoms with Crippen LogP contribution in [0.3, 0.4) is 0 Å². The third kappa shape index (κ3) is 4.14. The molecule has 6 nitrogen and oxygen atoms in total. The Morgan fingerprint density at radius 3 is 2.64 bits per heavy atom. The fraction of sp³-hybridized carbons (Fsp3) is 0.214. The van der Waals surface area contributed by atoms with Crippen LogP contribution in [0.5, 0.6) is 11.5 Å². The fourth-order valence-corrected chi connectivity index (χ4v) is 2.18. The van der Waals surface area contributed by atoms with E-state index in [1.165, 1.54) is 15.1 Å². The van der Waals surface area contributed by atoms with Gasteiger partial charge >= 0.3 is 0 Å². The highest BCUT2D eigenvalue weighted by molar-refractivity contribution is 14.2. The van der Waals surface area contributed by atoms with E-state index in [4.69, 9.17) is 16.2 Å². The van der Waals surface area contributed by atoms with E-state index in [0.29, 0.717) is 17.2 Å². The smallest absolute Gasteiger partial charge is 0.222 e. The summed E-state index contributed by atoms with van der Waals surface area (Å²) in [5.41, 5.74) is 12.9. The minimum absolute atomic E-state index is 0.106. The normalized spacial score (nSPS) is 10.2. The first-order valence-corrected chi connectivity index (χ1v) is 9.71. The van der Waals surface area contributed by atoms with Gasteiger partial charge in [0.05, 0.1) is 6.20 Å². The molecule has 0 aromatic carbocycles. The molecule has 0 saturated heterocycles. The van der Waals surface area contributed by atoms with Crippen molar-refractivity contribution in [3.05, 3.63) is 29.7 Å². The van der Waals surface area contributed by atoms with Crippen LogP contribution < -0.4 is 16.2 Å². The molecule has 2 aromatic heterocycles. The van der Waals surface area contributed by atoms with Crippen molar-refractivity contribution in [3.63, 3.8) is 0 Å². The Morgan fingerprint density at radius 2 is 2.00 bits per heavy atom. The van der Waals surface area contributed by atoms with Gasteiger partial charge in [-0.2, -0.15) is 4.98 Å². The molecule has 0 saturated carbocycles. The zero-order valence-electron chi connectivity index (χ0n) is 12.0. The number of hydrogen-bond donors (Lipinski definition) is 2. The van der Waals surface area contributed by atoms with Crippen LogP contribution in [-0.2, 0) is 0 Å². The minimum Gasteiger partial charge on any atom is -0.451 e. The maximum Gasteiger partial charge on any atom is 0.222 e. The molecule has 0 bridgehead atoms. The SMILES string of the molecule is CC(C)c1cnc(C#CSI)cc1Oc1cnc(N)nc1N. The maximum atomic E-state index is 5.86. The van der Waals surface area contributed by atoms with Crippen molar-refractivity contribution in [2.75, 3.05) is 11.5 Å². The van der Waals surface area contributed by atoms with E-state index in [9.17, 15) is 0 Å². The molecule has 0 unspecified atom stereocenters. The summed E-state index contributed by atoms with van der Waals surface area (Å²) in [6.45, 7) is 4.11. The second-order valence-electron chi connectivity index (χ2n) is 4.65. The number of hydrogen-bond acceptors (Lipinski definition) is 7. The third-order valence-electron chi connectivity index (χ3n) is 2.76. The van der Waals surface area contributed by atoms with Crippen molar-refractivity contribution >= 4 is 41.9 Å². The average molecular weight is 427 g/mol. The van der Waals surface area contributed by atoms with Gasteiger partial charge in [-0.1, -0.05) is 13.8 Å². The summed E-state index contributed by atoms with van der Waals surface area (Å²) >= 11 is 2.11. The lowest BCUT2D eigenvalue weighted by atomic mass is 10.0. The van der Waals surface area contributed by atoms with Gasteiger partial charge in [-0.05, 0) is 26.0 Å². The Morgan fingerprint density at radius 1 is 1.23 bits per heavy atom. The quantitative estimate of drug-likeness (QED) is 0.573. The van der Waals surface area contributed by atoms with E-state index in [1.54, 1.807) is 12.3 Å². The zero-order valence-corrected chi connectivity index (χ0v) is 15.0. The van der Waals surface area contributed by atoms with Gasteiger partial charge in [0.15, 0.2) is 11.6 Å². The largest absolute Gasteiger partial charge is 0.451 e. The molecule has 114 valence electrons. The van der Waals surface area contributed by atoms with Crippen LogP contribution in [0.15, 0.2) is 18.5 Å². The van der Waals surface area contributed by atoms with Crippen LogP contribution in [0.25, 0.3) is 0 Å². The molecular formula is C14H14IN5OS. The monoisotopic (exact) mass is 427 g/mol. The number of nitrogen functional groups attached to an aromatic ring is 2. The topological polar surface area (TPSA) is 99.9 Å². The molecule has 0 atom stereocenters. The molecule has 8 heteroatoms. The summed E-state index contributed by atoms with van der Waals surface area (Å²) in [6.07, 6.45) is 3.21. The van der Waals surface area contributed by atoms with Crippen LogP contribution in [0, 0.1) is 11.2 Å². The summed E-state index contributed by atoms with van der Waals surface area (Å²) in [5, 5.41) is 2.89. The van der Waals surface area contributed by atoms with Gasteiger partial charge in [0.1, 0.15) is 11.4 Å². The van der Waals surface area contributed by atoms with Gasteiger partial charge < -0.3 is 16.2 Å². The number of nitrogens with zero attached hydrogens (tertiary/aromatic N) is 3. The molecule has 0 radical (unpaired) electrons. The predicted octanol–water partition coefficient (Wildman–Crippen LogP) is 3.34. The van der Waals surface area contributed by atoms with Gasteiger partial charge in [-0.25, -0.2) is 9.97 Å². The second kappa shape index (κ2) is 7.51. The van der Waals surface area contributed by atoms with E-state index in [1.807, 2.05) is 0 Å². The minimum atomic E-state index is 0.106. The van der Waals surface area contributed by atoms with E-state index in [-0.39, 0.29) is 17.7 Å². The van der Waals surface area contributed by atoms with Crippen molar-refractivity contribution < 1.29 is 4.74 Å². The lowest BCUT2D eigenvalue weighted by Gasteiger charge is -2.14. The van der Waals surface area contributed by atoms with E-state index < -0.39 is 0 Å². The molecule has 22 heavy (non-hydrogen) atoms. The number of pyridine rings is 1. The fourth-order valence-electron chi connectivity index (χ4n) is 1.70. The molecule has 4 N–H and O–H groups in total. The van der Waals surface area contributed by atoms with Crippen molar-refractivity contribution in [3.8, 4) is 22.7 Å². The third-order valence-corrected chi connectivity index (χ3v) is 3.60. The highest BCUT2D eigenvalue weighted by atomic mass is 127. The lowest BCUT2D eigenvalue weighted by Crippen LogP contribution is -2.03. The van der Waals surface area contributed by atoms with Gasteiger partial charge in [-0.15, -0.1) is 0 Å². The summed E-state index contributed by atoms with van der Waals surface area (Å²) in [4.78, 5) is 12.1. The van der Waals surface area contributed by atoms with E-state index in [0.717, 1.165) is 5.56 Å². The second-order valence-corrected chi connectivity index (χ2v) is 6.33. The number of anilines is 2. The van der Waals surface area contributed by atoms with Gasteiger partial charge in [-0.3, -0.25) is 0 Å². The molecule has 0 aliphatic rings. The zero-order chi connectivity index (χ0) is 16.1. The summed E-state index contributed by atoms with van der Waals surface area (Å²) in [6, 6.07) is 1.78. The van der Waals surface area contributed by atoms with E-state index >= 15 is 0 Å². The number of aromatic nitrogens is 3. The van der Waals surface area contributed by atoms with Crippen LogP contribution in [0.1, 0.15) is 31.0 Å². The number of nitrogens with two attached hydrogens (primary N) is 2. The van der Waals surface area contributed by atoms with Gasteiger partial charge in [0.25, 0.3) is 0 Å². The molecule has 2 heterocycles. The van der Waals surface area contributed by atoms with Gasteiger partial charge in [0, 0.05) is 39.0 Å². The van der Waals surface area contributed by atoms with Crippen molar-refractivity contribution in [2.45, 2.75) is 19.8 Å². The average Bonchev–Trinajstić information content (AvgIpc) is 2.48. The number of halogens is 1. The summed E-state index contributed by atoms with van der Waals surface area (Å²) in [7, 11) is 1.40. The van der Waals surface area contributed by atoms with Crippen molar-refractivity contribution in [1.29, 1.82) is 0 Å². The molecule has 0 amide bonds. The van der Waals surface area contributed by atoms with Gasteiger partial charge in [0.2, 0.25) is 5.95 Å². The van der Waals surface area contributed by atoms with E-state index in [2.05, 4.69) is 61.2 Å². The van der Waals surface area contributed by atoms with Crippen LogP contribution in [-0.4, -0.2) is 15.0 Å². The first-order valence-electron chi connectivity index (χ1n) is 6.35. The summed E-state index contributed by atoms with van der Waals surface area (Å²) in [5.74, 6) is 4.46. The molecule has 0 aliphatic heterocycles.